The lowest BCUT2D eigenvalue weighted by molar-refractivity contribution is -0.126. The van der Waals surface area contributed by atoms with Crippen molar-refractivity contribution in [2.24, 2.45) is 0 Å². The second kappa shape index (κ2) is 7.00. The van der Waals surface area contributed by atoms with Crippen LogP contribution < -0.4 is 5.32 Å². The first-order valence-corrected chi connectivity index (χ1v) is 7.34. The number of halogens is 1. The monoisotopic (exact) mass is 295 g/mol. The van der Waals surface area contributed by atoms with Crippen LogP contribution in [-0.4, -0.2) is 30.3 Å². The number of benzene rings is 1. The van der Waals surface area contributed by atoms with Crippen LogP contribution in [0.25, 0.3) is 0 Å². The summed E-state index contributed by atoms with van der Waals surface area (Å²) in [7, 11) is 0. The van der Waals surface area contributed by atoms with Crippen molar-refractivity contribution in [1.29, 1.82) is 0 Å². The van der Waals surface area contributed by atoms with Crippen LogP contribution in [0.5, 0.6) is 0 Å². The molecule has 2 unspecified atom stereocenters. The van der Waals surface area contributed by atoms with Crippen molar-refractivity contribution < 1.29 is 19.0 Å². The third kappa shape index (κ3) is 4.79. The van der Waals surface area contributed by atoms with E-state index in [2.05, 4.69) is 5.32 Å². The van der Waals surface area contributed by atoms with Crippen molar-refractivity contribution in [3.63, 3.8) is 0 Å². The molecule has 1 fully saturated rings. The summed E-state index contributed by atoms with van der Waals surface area (Å²) < 4.78 is 18.4. The summed E-state index contributed by atoms with van der Waals surface area (Å²) in [6.45, 7) is 2.40. The summed E-state index contributed by atoms with van der Waals surface area (Å²) in [6, 6.07) is 5.63. The number of hydrogen-bond acceptors (Lipinski definition) is 3. The van der Waals surface area contributed by atoms with Gasteiger partial charge in [-0.3, -0.25) is 4.79 Å². The van der Waals surface area contributed by atoms with E-state index in [-0.39, 0.29) is 24.4 Å². The molecule has 0 aliphatic carbocycles. The summed E-state index contributed by atoms with van der Waals surface area (Å²) in [6.07, 6.45) is 3.35. The van der Waals surface area contributed by atoms with E-state index in [4.69, 9.17) is 4.74 Å². The average Bonchev–Trinajstić information content (AvgIpc) is 2.47. The smallest absolute Gasteiger partial charge is 0.222 e. The molecule has 1 heterocycles. The largest absolute Gasteiger partial charge is 0.384 e. The fourth-order valence-electron chi connectivity index (χ4n) is 2.43. The van der Waals surface area contributed by atoms with Crippen molar-refractivity contribution in [3.8, 4) is 0 Å². The number of amides is 1. The predicted molar refractivity (Wildman–Crippen MR) is 77.2 cm³/mol. The van der Waals surface area contributed by atoms with Crippen LogP contribution in [0.3, 0.4) is 0 Å². The number of ether oxygens (including phenoxy) is 1. The predicted octanol–water partition coefficient (Wildman–Crippen LogP) is 2.11. The third-order valence-corrected chi connectivity index (χ3v) is 3.78. The molecule has 116 valence electrons. The lowest BCUT2D eigenvalue weighted by Crippen LogP contribution is -2.40. The van der Waals surface area contributed by atoms with Crippen molar-refractivity contribution in [3.05, 3.63) is 35.6 Å². The molecule has 2 rings (SSSR count). The minimum absolute atomic E-state index is 0.0190. The normalized spacial score (nSPS) is 21.6. The molecule has 0 saturated carbocycles. The standard InChI is InChI=1S/C16H22FNO3/c1-16(20,12-5-7-13(17)8-6-12)11-18-15(19)10-14-4-2-3-9-21-14/h5-8,14,20H,2-4,9-11H2,1H3,(H,18,19). The van der Waals surface area contributed by atoms with Gasteiger partial charge in [0.2, 0.25) is 5.91 Å². The topological polar surface area (TPSA) is 58.6 Å². The molecule has 0 radical (unpaired) electrons. The summed E-state index contributed by atoms with van der Waals surface area (Å²) in [4.78, 5) is 11.9. The van der Waals surface area contributed by atoms with E-state index in [1.54, 1.807) is 6.92 Å². The minimum atomic E-state index is -1.23. The Balaban J connectivity index is 1.82. The lowest BCUT2D eigenvalue weighted by atomic mass is 9.96. The molecule has 0 spiro atoms. The Kier molecular flexibility index (Phi) is 5.31. The molecule has 1 aromatic rings. The van der Waals surface area contributed by atoms with E-state index in [1.165, 1.54) is 24.3 Å². The first kappa shape index (κ1) is 15.9. The first-order valence-electron chi connectivity index (χ1n) is 7.34. The van der Waals surface area contributed by atoms with Crippen LogP contribution in [0.4, 0.5) is 4.39 Å². The number of hydrogen-bond donors (Lipinski definition) is 2. The van der Waals surface area contributed by atoms with Gasteiger partial charge in [-0.1, -0.05) is 12.1 Å². The molecule has 4 nitrogen and oxygen atoms in total. The quantitative estimate of drug-likeness (QED) is 0.874. The molecule has 1 saturated heterocycles. The number of rotatable bonds is 5. The van der Waals surface area contributed by atoms with E-state index in [9.17, 15) is 14.3 Å². The summed E-state index contributed by atoms with van der Waals surface area (Å²) >= 11 is 0. The molecule has 2 atom stereocenters. The molecule has 0 aromatic heterocycles. The van der Waals surface area contributed by atoms with Crippen LogP contribution in [0.2, 0.25) is 0 Å². The highest BCUT2D eigenvalue weighted by Gasteiger charge is 2.25. The third-order valence-electron chi connectivity index (χ3n) is 3.78. The fraction of sp³-hybridized carbons (Fsp3) is 0.562. The van der Waals surface area contributed by atoms with Crippen LogP contribution in [0, 0.1) is 5.82 Å². The zero-order valence-electron chi connectivity index (χ0n) is 12.3. The molecule has 0 bridgehead atoms. The Morgan fingerprint density at radius 1 is 1.43 bits per heavy atom. The number of carbonyl (C=O) groups is 1. The van der Waals surface area contributed by atoms with E-state index < -0.39 is 5.60 Å². The summed E-state index contributed by atoms with van der Waals surface area (Å²) in [5, 5.41) is 13.1. The zero-order valence-corrected chi connectivity index (χ0v) is 12.3. The van der Waals surface area contributed by atoms with Gasteiger partial charge in [0, 0.05) is 6.61 Å². The van der Waals surface area contributed by atoms with Gasteiger partial charge in [-0.25, -0.2) is 4.39 Å². The van der Waals surface area contributed by atoms with Gasteiger partial charge in [-0.15, -0.1) is 0 Å². The molecule has 1 aliphatic rings. The fourth-order valence-corrected chi connectivity index (χ4v) is 2.43. The van der Waals surface area contributed by atoms with Crippen LogP contribution >= 0.6 is 0 Å². The van der Waals surface area contributed by atoms with Crippen LogP contribution in [-0.2, 0) is 15.1 Å². The maximum Gasteiger partial charge on any atom is 0.222 e. The van der Waals surface area contributed by atoms with Gasteiger partial charge in [0.15, 0.2) is 0 Å². The number of nitrogens with one attached hydrogen (secondary N) is 1. The Bertz CT molecular complexity index is 467. The second-order valence-electron chi connectivity index (χ2n) is 5.75. The van der Waals surface area contributed by atoms with Crippen molar-refractivity contribution in [1.82, 2.24) is 5.32 Å². The van der Waals surface area contributed by atoms with E-state index in [0.29, 0.717) is 18.6 Å². The minimum Gasteiger partial charge on any atom is -0.384 e. The molecular weight excluding hydrogens is 273 g/mol. The van der Waals surface area contributed by atoms with Gasteiger partial charge in [0.1, 0.15) is 11.4 Å². The van der Waals surface area contributed by atoms with Crippen LogP contribution in [0.15, 0.2) is 24.3 Å². The van der Waals surface area contributed by atoms with Gasteiger partial charge in [0.25, 0.3) is 0 Å². The average molecular weight is 295 g/mol. The van der Waals surface area contributed by atoms with Crippen molar-refractivity contribution >= 4 is 5.91 Å². The van der Waals surface area contributed by atoms with Gasteiger partial charge in [0.05, 0.1) is 19.1 Å². The summed E-state index contributed by atoms with van der Waals surface area (Å²) in [5.74, 6) is -0.489. The SMILES string of the molecule is CC(O)(CNC(=O)CC1CCCCO1)c1ccc(F)cc1. The van der Waals surface area contributed by atoms with Crippen molar-refractivity contribution in [2.45, 2.75) is 44.3 Å². The van der Waals surface area contributed by atoms with Gasteiger partial charge in [-0.05, 0) is 43.9 Å². The Morgan fingerprint density at radius 3 is 2.76 bits per heavy atom. The zero-order chi connectivity index (χ0) is 15.3. The van der Waals surface area contributed by atoms with Crippen LogP contribution in [0.1, 0.15) is 38.2 Å². The molecular formula is C16H22FNO3. The molecule has 1 aromatic carbocycles. The Labute approximate surface area is 124 Å². The number of aliphatic hydroxyl groups is 1. The van der Waals surface area contributed by atoms with Gasteiger partial charge >= 0.3 is 0 Å². The van der Waals surface area contributed by atoms with Gasteiger partial charge < -0.3 is 15.2 Å². The second-order valence-corrected chi connectivity index (χ2v) is 5.75. The molecule has 1 aliphatic heterocycles. The highest BCUT2D eigenvalue weighted by Crippen LogP contribution is 2.20. The molecule has 21 heavy (non-hydrogen) atoms. The lowest BCUT2D eigenvalue weighted by Gasteiger charge is -2.26. The molecule has 5 heteroatoms. The molecule has 1 amide bonds. The maximum atomic E-state index is 12.9. The van der Waals surface area contributed by atoms with E-state index >= 15 is 0 Å². The first-order chi connectivity index (χ1) is 9.97. The highest BCUT2D eigenvalue weighted by molar-refractivity contribution is 5.76. The maximum absolute atomic E-state index is 12.9. The highest BCUT2D eigenvalue weighted by atomic mass is 19.1. The van der Waals surface area contributed by atoms with Gasteiger partial charge in [-0.2, -0.15) is 0 Å². The summed E-state index contributed by atoms with van der Waals surface area (Å²) in [5.41, 5.74) is -0.658. The van der Waals surface area contributed by atoms with E-state index in [1.807, 2.05) is 0 Å². The van der Waals surface area contributed by atoms with E-state index in [0.717, 1.165) is 19.3 Å². The number of carbonyl (C=O) groups excluding carboxylic acids is 1. The molecule has 2 N–H and O–H groups in total. The Morgan fingerprint density at radius 2 is 2.14 bits per heavy atom. The Hall–Kier alpha value is -1.46. The van der Waals surface area contributed by atoms with Crippen molar-refractivity contribution in [2.75, 3.05) is 13.2 Å².